The standard InChI is InChI=1S/C23H23N3O3S2/c1-2-31(28,29)26-11-10-17-12-16(8-9-21(17)26)20-14-30-23(25-20)18-4-3-5-19(13-18)24-22(27)15-6-7-15/h3-5,8-9,12-15H,2,6-7,10-11H2,1H3,(H,24,27). The molecular formula is C23H23N3O3S2. The summed E-state index contributed by atoms with van der Waals surface area (Å²) in [5.41, 5.74) is 5.42. The zero-order valence-corrected chi connectivity index (χ0v) is 18.8. The topological polar surface area (TPSA) is 79.4 Å². The maximum absolute atomic E-state index is 12.3. The second kappa shape index (κ2) is 7.76. The number of hydrogen-bond donors (Lipinski definition) is 1. The summed E-state index contributed by atoms with van der Waals surface area (Å²) < 4.78 is 26.1. The molecule has 1 saturated carbocycles. The highest BCUT2D eigenvalue weighted by atomic mass is 32.2. The maximum atomic E-state index is 12.3. The van der Waals surface area contributed by atoms with Crippen LogP contribution in [0.15, 0.2) is 47.8 Å². The van der Waals surface area contributed by atoms with Crippen LogP contribution >= 0.6 is 11.3 Å². The van der Waals surface area contributed by atoms with Crippen molar-refractivity contribution in [2.75, 3.05) is 21.9 Å². The number of hydrogen-bond acceptors (Lipinski definition) is 5. The van der Waals surface area contributed by atoms with E-state index < -0.39 is 10.0 Å². The van der Waals surface area contributed by atoms with E-state index >= 15 is 0 Å². The largest absolute Gasteiger partial charge is 0.326 e. The van der Waals surface area contributed by atoms with Gasteiger partial charge in [-0.2, -0.15) is 0 Å². The van der Waals surface area contributed by atoms with Gasteiger partial charge in [-0.1, -0.05) is 18.2 Å². The second-order valence-electron chi connectivity index (χ2n) is 7.95. The highest BCUT2D eigenvalue weighted by molar-refractivity contribution is 7.92. The molecule has 2 heterocycles. The second-order valence-corrected chi connectivity index (χ2v) is 11.0. The van der Waals surface area contributed by atoms with Crippen molar-refractivity contribution in [2.45, 2.75) is 26.2 Å². The lowest BCUT2D eigenvalue weighted by atomic mass is 10.1. The fraction of sp³-hybridized carbons (Fsp3) is 0.304. The number of anilines is 2. The first-order valence-electron chi connectivity index (χ1n) is 10.4. The predicted molar refractivity (Wildman–Crippen MR) is 125 cm³/mol. The molecule has 3 aromatic rings. The van der Waals surface area contributed by atoms with Crippen molar-refractivity contribution in [1.82, 2.24) is 4.98 Å². The molecule has 1 amide bonds. The van der Waals surface area contributed by atoms with Crippen LogP contribution < -0.4 is 9.62 Å². The van der Waals surface area contributed by atoms with Crippen molar-refractivity contribution < 1.29 is 13.2 Å². The lowest BCUT2D eigenvalue weighted by Gasteiger charge is -2.18. The number of carbonyl (C=O) groups is 1. The Morgan fingerprint density at radius 2 is 2.03 bits per heavy atom. The third kappa shape index (κ3) is 3.97. The number of fused-ring (bicyclic) bond motifs is 1. The number of thiazole rings is 1. The van der Waals surface area contributed by atoms with Crippen LogP contribution in [0.4, 0.5) is 11.4 Å². The molecule has 0 bridgehead atoms. The molecule has 1 aliphatic carbocycles. The van der Waals surface area contributed by atoms with Gasteiger partial charge in [-0.3, -0.25) is 9.10 Å². The number of rotatable bonds is 6. The molecule has 160 valence electrons. The first kappa shape index (κ1) is 20.2. The minimum absolute atomic E-state index is 0.0919. The van der Waals surface area contributed by atoms with Crippen molar-refractivity contribution in [2.24, 2.45) is 5.92 Å². The van der Waals surface area contributed by atoms with Crippen LogP contribution in [0.25, 0.3) is 21.8 Å². The van der Waals surface area contributed by atoms with Crippen molar-refractivity contribution in [1.29, 1.82) is 0 Å². The quantitative estimate of drug-likeness (QED) is 0.594. The van der Waals surface area contributed by atoms with Crippen LogP contribution in [0.5, 0.6) is 0 Å². The molecule has 6 nitrogen and oxygen atoms in total. The molecule has 1 aromatic heterocycles. The number of carbonyl (C=O) groups excluding carboxylic acids is 1. The van der Waals surface area contributed by atoms with Gasteiger partial charge in [0.15, 0.2) is 0 Å². The minimum Gasteiger partial charge on any atom is -0.326 e. The Bertz CT molecular complexity index is 1260. The van der Waals surface area contributed by atoms with Crippen LogP contribution in [0, 0.1) is 5.92 Å². The molecule has 0 saturated heterocycles. The molecule has 5 rings (SSSR count). The Balaban J connectivity index is 1.39. The molecule has 0 atom stereocenters. The van der Waals surface area contributed by atoms with Gasteiger partial charge in [0, 0.05) is 34.7 Å². The number of nitrogens with one attached hydrogen (secondary N) is 1. The average molecular weight is 454 g/mol. The first-order valence-corrected chi connectivity index (χ1v) is 12.9. The zero-order chi connectivity index (χ0) is 21.6. The van der Waals surface area contributed by atoms with Crippen LogP contribution in [-0.4, -0.2) is 31.6 Å². The first-order chi connectivity index (χ1) is 14.9. The molecule has 8 heteroatoms. The number of benzene rings is 2. The van der Waals surface area contributed by atoms with E-state index in [1.807, 2.05) is 47.8 Å². The van der Waals surface area contributed by atoms with Crippen LogP contribution in [0.2, 0.25) is 0 Å². The lowest BCUT2D eigenvalue weighted by molar-refractivity contribution is -0.117. The van der Waals surface area contributed by atoms with E-state index in [1.165, 1.54) is 4.31 Å². The summed E-state index contributed by atoms with van der Waals surface area (Å²) in [4.78, 5) is 16.8. The Kier molecular flexibility index (Phi) is 5.06. The highest BCUT2D eigenvalue weighted by Gasteiger charge is 2.30. The molecule has 0 radical (unpaired) electrons. The van der Waals surface area contributed by atoms with Gasteiger partial charge < -0.3 is 5.32 Å². The molecule has 31 heavy (non-hydrogen) atoms. The van der Waals surface area contributed by atoms with Crippen LogP contribution in [0.1, 0.15) is 25.3 Å². The van der Waals surface area contributed by atoms with E-state index in [0.29, 0.717) is 13.0 Å². The van der Waals surface area contributed by atoms with Crippen molar-refractivity contribution in [3.8, 4) is 21.8 Å². The predicted octanol–water partition coefficient (Wildman–Crippen LogP) is 4.54. The number of amides is 1. The molecule has 2 aromatic carbocycles. The average Bonchev–Trinajstić information content (AvgIpc) is 3.35. The normalized spacial score (nSPS) is 15.7. The molecule has 1 fully saturated rings. The lowest BCUT2D eigenvalue weighted by Crippen LogP contribution is -2.30. The summed E-state index contributed by atoms with van der Waals surface area (Å²) in [5, 5.41) is 5.88. The smallest absolute Gasteiger partial charge is 0.234 e. The third-order valence-electron chi connectivity index (χ3n) is 5.76. The van der Waals surface area contributed by atoms with Gasteiger partial charge in [-0.15, -0.1) is 11.3 Å². The van der Waals surface area contributed by atoms with Gasteiger partial charge >= 0.3 is 0 Å². The van der Waals surface area contributed by atoms with Gasteiger partial charge in [0.2, 0.25) is 15.9 Å². The van der Waals surface area contributed by atoms with Crippen LogP contribution in [-0.2, 0) is 21.2 Å². The summed E-state index contributed by atoms with van der Waals surface area (Å²) in [6.07, 6.45) is 2.66. The SMILES string of the molecule is CCS(=O)(=O)N1CCc2cc(-c3csc(-c4cccc(NC(=O)C5CC5)c4)n3)ccc21. The van der Waals surface area contributed by atoms with E-state index in [0.717, 1.165) is 51.6 Å². The summed E-state index contributed by atoms with van der Waals surface area (Å²) >= 11 is 1.56. The fourth-order valence-electron chi connectivity index (χ4n) is 3.83. The molecule has 0 spiro atoms. The maximum Gasteiger partial charge on any atom is 0.234 e. The van der Waals surface area contributed by atoms with Crippen molar-refractivity contribution in [3.63, 3.8) is 0 Å². The number of aromatic nitrogens is 1. The molecule has 1 aliphatic heterocycles. The van der Waals surface area contributed by atoms with E-state index in [2.05, 4.69) is 5.32 Å². The molecule has 0 unspecified atom stereocenters. The fourth-order valence-corrected chi connectivity index (χ4v) is 5.82. The number of sulfonamides is 1. The van der Waals surface area contributed by atoms with Crippen molar-refractivity contribution in [3.05, 3.63) is 53.4 Å². The highest BCUT2D eigenvalue weighted by Crippen LogP contribution is 2.36. The summed E-state index contributed by atoms with van der Waals surface area (Å²) in [7, 11) is -3.25. The Labute approximate surface area is 186 Å². The molecular weight excluding hydrogens is 430 g/mol. The summed E-state index contributed by atoms with van der Waals surface area (Å²) in [6.45, 7) is 2.17. The zero-order valence-electron chi connectivity index (χ0n) is 17.2. The monoisotopic (exact) mass is 453 g/mol. The van der Waals surface area contributed by atoms with Gasteiger partial charge in [-0.25, -0.2) is 13.4 Å². The van der Waals surface area contributed by atoms with E-state index in [4.69, 9.17) is 4.98 Å². The summed E-state index contributed by atoms with van der Waals surface area (Å²) in [5.74, 6) is 0.358. The van der Waals surface area contributed by atoms with Gasteiger partial charge in [0.05, 0.1) is 17.1 Å². The minimum atomic E-state index is -3.25. The van der Waals surface area contributed by atoms with E-state index in [-0.39, 0.29) is 17.6 Å². The van der Waals surface area contributed by atoms with Gasteiger partial charge in [-0.05, 0) is 56.0 Å². The van der Waals surface area contributed by atoms with Gasteiger partial charge in [0.1, 0.15) is 5.01 Å². The molecule has 2 aliphatic rings. The van der Waals surface area contributed by atoms with Gasteiger partial charge in [0.25, 0.3) is 0 Å². The van der Waals surface area contributed by atoms with E-state index in [1.54, 1.807) is 18.3 Å². The molecule has 1 N–H and O–H groups in total. The Morgan fingerprint density at radius 3 is 2.81 bits per heavy atom. The summed E-state index contributed by atoms with van der Waals surface area (Å²) in [6, 6.07) is 13.6. The van der Waals surface area contributed by atoms with E-state index in [9.17, 15) is 13.2 Å². The Hall–Kier alpha value is -2.71. The third-order valence-corrected chi connectivity index (χ3v) is 8.43. The Morgan fingerprint density at radius 1 is 1.19 bits per heavy atom. The van der Waals surface area contributed by atoms with Crippen LogP contribution in [0.3, 0.4) is 0 Å². The van der Waals surface area contributed by atoms with Crippen molar-refractivity contribution >= 4 is 38.6 Å². The number of nitrogens with zero attached hydrogens (tertiary/aromatic N) is 2.